The Morgan fingerprint density at radius 2 is 1.91 bits per heavy atom. The highest BCUT2D eigenvalue weighted by molar-refractivity contribution is 6.31. The quantitative estimate of drug-likeness (QED) is 0.791. The molecule has 23 heavy (non-hydrogen) atoms. The number of pyridine rings is 1. The van der Waals surface area contributed by atoms with E-state index in [-0.39, 0.29) is 0 Å². The zero-order chi connectivity index (χ0) is 15.6. The molecule has 0 saturated carbocycles. The van der Waals surface area contributed by atoms with E-state index in [1.165, 1.54) is 0 Å². The lowest BCUT2D eigenvalue weighted by Crippen LogP contribution is -2.19. The van der Waals surface area contributed by atoms with Gasteiger partial charge in [0.2, 0.25) is 0 Å². The maximum Gasteiger partial charge on any atom is 0.138 e. The Labute approximate surface area is 138 Å². The van der Waals surface area contributed by atoms with E-state index in [0.29, 0.717) is 5.02 Å². The molecule has 0 fully saturated rings. The molecular weight excluding hydrogens is 310 g/mol. The molecule has 0 spiro atoms. The number of amidine groups is 1. The number of aliphatic imine (C=N–C) groups is 1. The molecular formula is C18H14ClN3O. The van der Waals surface area contributed by atoms with Crippen LogP contribution in [0.4, 0.5) is 0 Å². The zero-order valence-electron chi connectivity index (χ0n) is 12.3. The third-order valence-electron chi connectivity index (χ3n) is 3.69. The highest BCUT2D eigenvalue weighted by Gasteiger charge is 2.09. The number of rotatable bonds is 3. The first-order valence-corrected chi connectivity index (χ1v) is 7.78. The lowest BCUT2D eigenvalue weighted by atomic mass is 10.2. The first kappa shape index (κ1) is 14.0. The zero-order valence-corrected chi connectivity index (χ0v) is 13.0. The van der Waals surface area contributed by atoms with Gasteiger partial charge in [0.25, 0.3) is 0 Å². The third-order valence-corrected chi connectivity index (χ3v) is 3.93. The van der Waals surface area contributed by atoms with E-state index in [1.54, 1.807) is 6.20 Å². The van der Waals surface area contributed by atoms with Crippen molar-refractivity contribution in [3.8, 4) is 11.5 Å². The van der Waals surface area contributed by atoms with Crippen LogP contribution in [0.1, 0.15) is 5.56 Å². The molecule has 3 aromatic rings. The summed E-state index contributed by atoms with van der Waals surface area (Å²) in [7, 11) is 0. The van der Waals surface area contributed by atoms with Crippen LogP contribution in [0.25, 0.3) is 10.9 Å². The van der Waals surface area contributed by atoms with E-state index in [2.05, 4.69) is 15.3 Å². The van der Waals surface area contributed by atoms with Gasteiger partial charge in [0.05, 0.1) is 12.1 Å². The van der Waals surface area contributed by atoms with E-state index in [9.17, 15) is 0 Å². The second-order valence-electron chi connectivity index (χ2n) is 5.25. The lowest BCUT2D eigenvalue weighted by molar-refractivity contribution is 0.488. The van der Waals surface area contributed by atoms with Crippen molar-refractivity contribution in [1.29, 1.82) is 0 Å². The van der Waals surface area contributed by atoms with Gasteiger partial charge in [-0.25, -0.2) is 0 Å². The molecule has 4 rings (SSSR count). The van der Waals surface area contributed by atoms with Crippen LogP contribution >= 0.6 is 11.6 Å². The largest absolute Gasteiger partial charge is 0.457 e. The summed E-state index contributed by atoms with van der Waals surface area (Å²) in [5.74, 6) is 2.48. The first-order valence-electron chi connectivity index (χ1n) is 7.40. The number of ether oxygens (including phenoxy) is 1. The van der Waals surface area contributed by atoms with Crippen LogP contribution in [0.2, 0.25) is 5.02 Å². The number of nitrogens with one attached hydrogen (secondary N) is 1. The van der Waals surface area contributed by atoms with E-state index < -0.39 is 0 Å². The van der Waals surface area contributed by atoms with E-state index in [4.69, 9.17) is 16.3 Å². The number of aromatic nitrogens is 1. The predicted octanol–water partition coefficient (Wildman–Crippen LogP) is 4.03. The summed E-state index contributed by atoms with van der Waals surface area (Å²) >= 11 is 6.01. The van der Waals surface area contributed by atoms with E-state index in [0.717, 1.165) is 46.9 Å². The summed E-state index contributed by atoms with van der Waals surface area (Å²) in [6.45, 7) is 1.73. The second kappa shape index (κ2) is 5.89. The highest BCUT2D eigenvalue weighted by atomic mass is 35.5. The number of benzene rings is 2. The molecule has 4 nitrogen and oxygen atoms in total. The van der Waals surface area contributed by atoms with Crippen LogP contribution in [0, 0.1) is 0 Å². The van der Waals surface area contributed by atoms with Crippen molar-refractivity contribution >= 4 is 28.3 Å². The number of fused-ring (bicyclic) bond motifs is 1. The Kier molecular flexibility index (Phi) is 3.60. The Bertz CT molecular complexity index is 890. The van der Waals surface area contributed by atoms with E-state index >= 15 is 0 Å². The Morgan fingerprint density at radius 1 is 1.04 bits per heavy atom. The second-order valence-corrected chi connectivity index (χ2v) is 5.69. The van der Waals surface area contributed by atoms with Crippen LogP contribution in [-0.2, 0) is 0 Å². The molecule has 0 amide bonds. The smallest absolute Gasteiger partial charge is 0.138 e. The van der Waals surface area contributed by atoms with Crippen LogP contribution in [0.3, 0.4) is 0 Å². The minimum atomic E-state index is 0.663. The van der Waals surface area contributed by atoms with Crippen LogP contribution in [0.5, 0.6) is 11.5 Å². The number of hydrogen-bond acceptors (Lipinski definition) is 4. The monoisotopic (exact) mass is 323 g/mol. The van der Waals surface area contributed by atoms with Gasteiger partial charge in [0, 0.05) is 28.7 Å². The van der Waals surface area contributed by atoms with Gasteiger partial charge in [-0.1, -0.05) is 11.6 Å². The van der Waals surface area contributed by atoms with Crippen molar-refractivity contribution in [3.63, 3.8) is 0 Å². The normalized spacial score (nSPS) is 13.7. The summed E-state index contributed by atoms with van der Waals surface area (Å²) in [5, 5.41) is 4.86. The molecule has 1 N–H and O–H groups in total. The summed E-state index contributed by atoms with van der Waals surface area (Å²) in [6, 6.07) is 15.3. The van der Waals surface area contributed by atoms with Gasteiger partial charge >= 0.3 is 0 Å². The molecule has 1 aliphatic heterocycles. The summed E-state index contributed by atoms with van der Waals surface area (Å²) in [6.07, 6.45) is 1.72. The van der Waals surface area contributed by atoms with Crippen LogP contribution < -0.4 is 10.1 Å². The molecule has 5 heteroatoms. The Balaban J connectivity index is 1.63. The topological polar surface area (TPSA) is 46.5 Å². The van der Waals surface area contributed by atoms with Crippen molar-refractivity contribution in [2.45, 2.75) is 0 Å². The van der Waals surface area contributed by atoms with E-state index in [1.807, 2.05) is 48.5 Å². The number of hydrogen-bond donors (Lipinski definition) is 1. The molecule has 114 valence electrons. The SMILES string of the molecule is Clc1ccc2c(Oc3ccc(C4=NCCN4)cc3)ccnc2c1. The molecule has 2 heterocycles. The fourth-order valence-corrected chi connectivity index (χ4v) is 2.75. The van der Waals surface area contributed by atoms with Gasteiger partial charge in [-0.05, 0) is 48.5 Å². The molecule has 0 saturated heterocycles. The highest BCUT2D eigenvalue weighted by Crippen LogP contribution is 2.30. The van der Waals surface area contributed by atoms with Gasteiger partial charge in [-0.2, -0.15) is 0 Å². The minimum Gasteiger partial charge on any atom is -0.457 e. The first-order chi connectivity index (χ1) is 11.3. The molecule has 1 aliphatic rings. The fourth-order valence-electron chi connectivity index (χ4n) is 2.58. The van der Waals surface area contributed by atoms with Crippen LogP contribution in [-0.4, -0.2) is 23.9 Å². The average Bonchev–Trinajstić information content (AvgIpc) is 3.10. The Morgan fingerprint density at radius 3 is 2.70 bits per heavy atom. The lowest BCUT2D eigenvalue weighted by Gasteiger charge is -2.09. The van der Waals surface area contributed by atoms with Crippen molar-refractivity contribution in [2.75, 3.05) is 13.1 Å². The van der Waals surface area contributed by atoms with Crippen molar-refractivity contribution in [1.82, 2.24) is 10.3 Å². The maximum atomic E-state index is 6.01. The Hall–Kier alpha value is -2.59. The molecule has 0 unspecified atom stereocenters. The van der Waals surface area contributed by atoms with Crippen molar-refractivity contribution < 1.29 is 4.74 Å². The van der Waals surface area contributed by atoms with Crippen LogP contribution in [0.15, 0.2) is 59.7 Å². The van der Waals surface area contributed by atoms with Crippen molar-refractivity contribution in [2.24, 2.45) is 4.99 Å². The standard InChI is InChI=1S/C18H14ClN3O/c19-13-3-6-15-16(11-13)20-8-7-17(15)23-14-4-1-12(2-5-14)18-21-9-10-22-18/h1-8,11H,9-10H2,(H,21,22). The van der Waals surface area contributed by atoms with Crippen molar-refractivity contribution in [3.05, 3.63) is 65.3 Å². The van der Waals surface area contributed by atoms with Gasteiger partial charge < -0.3 is 10.1 Å². The molecule has 0 aliphatic carbocycles. The molecule has 0 atom stereocenters. The molecule has 0 bridgehead atoms. The average molecular weight is 324 g/mol. The molecule has 0 radical (unpaired) electrons. The molecule has 1 aromatic heterocycles. The minimum absolute atomic E-state index is 0.663. The number of nitrogens with zero attached hydrogens (tertiary/aromatic N) is 2. The fraction of sp³-hybridized carbons (Fsp3) is 0.111. The van der Waals surface area contributed by atoms with Gasteiger partial charge in [-0.15, -0.1) is 0 Å². The van der Waals surface area contributed by atoms with Gasteiger partial charge in [-0.3, -0.25) is 9.98 Å². The summed E-state index contributed by atoms with van der Waals surface area (Å²) in [4.78, 5) is 8.74. The summed E-state index contributed by atoms with van der Waals surface area (Å²) < 4.78 is 6.01. The predicted molar refractivity (Wildman–Crippen MR) is 92.7 cm³/mol. The molecule has 2 aromatic carbocycles. The third kappa shape index (κ3) is 2.85. The van der Waals surface area contributed by atoms with Gasteiger partial charge in [0.1, 0.15) is 17.3 Å². The number of halogens is 1. The summed E-state index contributed by atoms with van der Waals surface area (Å²) in [5.41, 5.74) is 1.89. The van der Waals surface area contributed by atoms with Gasteiger partial charge in [0.15, 0.2) is 0 Å². The maximum absolute atomic E-state index is 6.01.